The quantitative estimate of drug-likeness (QED) is 0.878. The summed E-state index contributed by atoms with van der Waals surface area (Å²) in [4.78, 5) is 12.4. The first-order valence-corrected chi connectivity index (χ1v) is 8.13. The number of thioether (sulfide) groups is 1. The molecule has 5 heteroatoms. The second kappa shape index (κ2) is 8.55. The van der Waals surface area contributed by atoms with E-state index in [1.165, 1.54) is 6.42 Å². The van der Waals surface area contributed by atoms with E-state index in [1.807, 2.05) is 36.6 Å². The van der Waals surface area contributed by atoms with E-state index in [-0.39, 0.29) is 29.6 Å². The van der Waals surface area contributed by atoms with Crippen molar-refractivity contribution in [2.75, 3.05) is 12.8 Å². The van der Waals surface area contributed by atoms with Gasteiger partial charge in [0.2, 0.25) is 5.91 Å². The van der Waals surface area contributed by atoms with Gasteiger partial charge in [0.15, 0.2) is 0 Å². The lowest BCUT2D eigenvalue weighted by Gasteiger charge is -2.22. The molecule has 112 valence electrons. The largest absolute Gasteiger partial charge is 0.352 e. The number of nitrogens with two attached hydrogens (primary N) is 1. The van der Waals surface area contributed by atoms with E-state index < -0.39 is 0 Å². The van der Waals surface area contributed by atoms with Gasteiger partial charge in [-0.3, -0.25) is 4.79 Å². The van der Waals surface area contributed by atoms with Gasteiger partial charge in [0, 0.05) is 6.04 Å². The standard InChI is InChI=1S/C15H22N2OS.ClH/c1-19-14(11-6-3-2-4-7-11)15(18)17-13-9-5-8-12(13)10-16;/h2-4,6-7,12-14H,5,8-10,16H2,1H3,(H,17,18);1H. The molecule has 0 saturated heterocycles. The Morgan fingerprint density at radius 3 is 2.70 bits per heavy atom. The summed E-state index contributed by atoms with van der Waals surface area (Å²) in [5.74, 6) is 0.561. The normalized spacial score (nSPS) is 22.9. The Hall–Kier alpha value is -0.710. The van der Waals surface area contributed by atoms with Crippen LogP contribution in [0.4, 0.5) is 0 Å². The van der Waals surface area contributed by atoms with Gasteiger partial charge in [0.1, 0.15) is 5.25 Å². The molecular formula is C15H23ClN2OS. The van der Waals surface area contributed by atoms with Crippen molar-refractivity contribution in [1.82, 2.24) is 5.32 Å². The molecule has 0 bridgehead atoms. The summed E-state index contributed by atoms with van der Waals surface area (Å²) in [6, 6.07) is 10.2. The Balaban J connectivity index is 0.00000200. The van der Waals surface area contributed by atoms with Gasteiger partial charge in [-0.2, -0.15) is 0 Å². The highest BCUT2D eigenvalue weighted by Gasteiger charge is 2.29. The molecule has 1 fully saturated rings. The number of benzene rings is 1. The van der Waals surface area contributed by atoms with Crippen LogP contribution in [0.15, 0.2) is 30.3 Å². The van der Waals surface area contributed by atoms with Gasteiger partial charge in [0.05, 0.1) is 0 Å². The van der Waals surface area contributed by atoms with Crippen LogP contribution in [0.1, 0.15) is 30.1 Å². The minimum Gasteiger partial charge on any atom is -0.352 e. The van der Waals surface area contributed by atoms with Gasteiger partial charge in [-0.1, -0.05) is 36.8 Å². The van der Waals surface area contributed by atoms with Crippen molar-refractivity contribution in [3.05, 3.63) is 35.9 Å². The molecule has 3 atom stereocenters. The average molecular weight is 315 g/mol. The molecule has 20 heavy (non-hydrogen) atoms. The SMILES string of the molecule is CSC(C(=O)NC1CCCC1CN)c1ccccc1.Cl. The lowest BCUT2D eigenvalue weighted by Crippen LogP contribution is -2.41. The number of carbonyl (C=O) groups is 1. The summed E-state index contributed by atoms with van der Waals surface area (Å²) in [6.07, 6.45) is 5.34. The summed E-state index contributed by atoms with van der Waals surface area (Å²) in [6.45, 7) is 0.667. The van der Waals surface area contributed by atoms with Crippen LogP contribution in [0.25, 0.3) is 0 Å². The second-order valence-electron chi connectivity index (χ2n) is 5.07. The van der Waals surface area contributed by atoms with Gasteiger partial charge in [-0.25, -0.2) is 0 Å². The molecule has 3 N–H and O–H groups in total. The lowest BCUT2D eigenvalue weighted by atomic mass is 10.0. The van der Waals surface area contributed by atoms with Crippen molar-refractivity contribution in [1.29, 1.82) is 0 Å². The predicted octanol–water partition coefficient (Wildman–Crippen LogP) is 2.76. The zero-order valence-electron chi connectivity index (χ0n) is 11.7. The predicted molar refractivity (Wildman–Crippen MR) is 88.3 cm³/mol. The molecule has 0 radical (unpaired) electrons. The maximum absolute atomic E-state index is 12.4. The molecule has 1 amide bonds. The Bertz CT molecular complexity index is 416. The van der Waals surface area contributed by atoms with Gasteiger partial charge in [0.25, 0.3) is 0 Å². The van der Waals surface area contributed by atoms with E-state index in [2.05, 4.69) is 5.32 Å². The Morgan fingerprint density at radius 1 is 1.40 bits per heavy atom. The molecule has 0 heterocycles. The van der Waals surface area contributed by atoms with E-state index in [9.17, 15) is 4.79 Å². The van der Waals surface area contributed by atoms with Crippen LogP contribution in [0.5, 0.6) is 0 Å². The molecule has 0 aliphatic heterocycles. The second-order valence-corrected chi connectivity index (χ2v) is 6.01. The van der Waals surface area contributed by atoms with Gasteiger partial charge < -0.3 is 11.1 Å². The van der Waals surface area contributed by atoms with E-state index in [4.69, 9.17) is 5.73 Å². The molecule has 1 aliphatic rings. The number of amides is 1. The van der Waals surface area contributed by atoms with Crippen LogP contribution in [0.3, 0.4) is 0 Å². The molecule has 2 rings (SSSR count). The first-order chi connectivity index (χ1) is 9.26. The number of carbonyl (C=O) groups excluding carboxylic acids is 1. The molecule has 1 aliphatic carbocycles. The number of nitrogens with one attached hydrogen (secondary N) is 1. The maximum atomic E-state index is 12.4. The van der Waals surface area contributed by atoms with Crippen molar-refractivity contribution in [2.24, 2.45) is 11.7 Å². The molecule has 0 aromatic heterocycles. The van der Waals surface area contributed by atoms with E-state index in [0.29, 0.717) is 12.5 Å². The third-order valence-corrected chi connectivity index (χ3v) is 4.82. The van der Waals surface area contributed by atoms with Crippen LogP contribution < -0.4 is 11.1 Å². The highest BCUT2D eigenvalue weighted by Crippen LogP contribution is 2.29. The van der Waals surface area contributed by atoms with Gasteiger partial charge in [-0.15, -0.1) is 24.2 Å². The molecular weight excluding hydrogens is 292 g/mol. The van der Waals surface area contributed by atoms with Crippen LogP contribution in [0.2, 0.25) is 0 Å². The third kappa shape index (κ3) is 4.14. The van der Waals surface area contributed by atoms with Crippen LogP contribution in [-0.4, -0.2) is 24.7 Å². The van der Waals surface area contributed by atoms with Gasteiger partial charge >= 0.3 is 0 Å². The Morgan fingerprint density at radius 2 is 2.10 bits per heavy atom. The number of hydrogen-bond donors (Lipinski definition) is 2. The Labute approximate surface area is 131 Å². The molecule has 1 saturated carbocycles. The number of rotatable bonds is 5. The van der Waals surface area contributed by atoms with Crippen molar-refractivity contribution in [3.8, 4) is 0 Å². The summed E-state index contributed by atoms with van der Waals surface area (Å²) in [7, 11) is 0. The lowest BCUT2D eigenvalue weighted by molar-refractivity contribution is -0.121. The van der Waals surface area contributed by atoms with Crippen LogP contribution in [0, 0.1) is 5.92 Å². The highest BCUT2D eigenvalue weighted by molar-refractivity contribution is 7.99. The number of halogens is 1. The molecule has 1 aromatic carbocycles. The fraction of sp³-hybridized carbons (Fsp3) is 0.533. The summed E-state index contributed by atoms with van der Waals surface area (Å²) in [5, 5.41) is 3.06. The maximum Gasteiger partial charge on any atom is 0.237 e. The first-order valence-electron chi connectivity index (χ1n) is 6.84. The Kier molecular flexibility index (Phi) is 7.41. The zero-order chi connectivity index (χ0) is 13.7. The molecule has 3 unspecified atom stereocenters. The van der Waals surface area contributed by atoms with E-state index in [1.54, 1.807) is 11.8 Å². The van der Waals surface area contributed by atoms with Crippen molar-refractivity contribution >= 4 is 30.1 Å². The smallest absolute Gasteiger partial charge is 0.237 e. The van der Waals surface area contributed by atoms with Crippen molar-refractivity contribution in [3.63, 3.8) is 0 Å². The highest BCUT2D eigenvalue weighted by atomic mass is 35.5. The first kappa shape index (κ1) is 17.3. The number of hydrogen-bond acceptors (Lipinski definition) is 3. The molecule has 1 aromatic rings. The van der Waals surface area contributed by atoms with E-state index in [0.717, 1.165) is 18.4 Å². The minimum atomic E-state index is -0.125. The molecule has 3 nitrogen and oxygen atoms in total. The molecule has 0 spiro atoms. The van der Waals surface area contributed by atoms with Crippen molar-refractivity contribution in [2.45, 2.75) is 30.6 Å². The van der Waals surface area contributed by atoms with Crippen LogP contribution in [-0.2, 0) is 4.79 Å². The monoisotopic (exact) mass is 314 g/mol. The van der Waals surface area contributed by atoms with Gasteiger partial charge in [-0.05, 0) is 37.1 Å². The van der Waals surface area contributed by atoms with E-state index >= 15 is 0 Å². The van der Waals surface area contributed by atoms with Crippen LogP contribution >= 0.6 is 24.2 Å². The topological polar surface area (TPSA) is 55.1 Å². The summed E-state index contributed by atoms with van der Waals surface area (Å²) < 4.78 is 0. The fourth-order valence-corrected chi connectivity index (χ4v) is 3.50. The fourth-order valence-electron chi connectivity index (χ4n) is 2.79. The zero-order valence-corrected chi connectivity index (χ0v) is 13.4. The average Bonchev–Trinajstić information content (AvgIpc) is 2.88. The van der Waals surface area contributed by atoms with Crippen molar-refractivity contribution < 1.29 is 4.79 Å². The third-order valence-electron chi connectivity index (χ3n) is 3.87. The summed E-state index contributed by atoms with van der Waals surface area (Å²) >= 11 is 1.58. The minimum absolute atomic E-state index is 0. The summed E-state index contributed by atoms with van der Waals surface area (Å²) in [5.41, 5.74) is 6.83.